The number of thiophene rings is 1. The van der Waals surface area contributed by atoms with E-state index >= 15 is 0 Å². The molecule has 0 N–H and O–H groups in total. The number of unbranched alkanes of at least 4 members (excludes halogenated alkanes) is 5. The standard InChI is InChI=1S/C12H19OS/c1-2-3-4-5-6-7-9-13-12-8-10-14-11-12/h8,10H,2-7,9H2,1H3. The van der Waals surface area contributed by atoms with E-state index in [-0.39, 0.29) is 0 Å². The molecule has 0 saturated heterocycles. The lowest BCUT2D eigenvalue weighted by atomic mass is 10.1. The third-order valence-electron chi connectivity index (χ3n) is 2.20. The summed E-state index contributed by atoms with van der Waals surface area (Å²) in [6.07, 6.45) is 7.89. The molecular weight excluding hydrogens is 192 g/mol. The first-order chi connectivity index (χ1) is 6.93. The Bertz CT molecular complexity index is 206. The maximum atomic E-state index is 5.51. The predicted molar refractivity (Wildman–Crippen MR) is 62.0 cm³/mol. The van der Waals surface area contributed by atoms with Crippen molar-refractivity contribution in [1.82, 2.24) is 0 Å². The van der Waals surface area contributed by atoms with Crippen LogP contribution in [-0.2, 0) is 0 Å². The van der Waals surface area contributed by atoms with Gasteiger partial charge in [-0.25, -0.2) is 0 Å². The summed E-state index contributed by atoms with van der Waals surface area (Å²) in [6.45, 7) is 3.09. The molecule has 14 heavy (non-hydrogen) atoms. The molecule has 79 valence electrons. The molecule has 0 unspecified atom stereocenters. The molecule has 0 bridgehead atoms. The molecule has 0 fully saturated rings. The lowest BCUT2D eigenvalue weighted by Gasteiger charge is -2.02. The molecule has 0 amide bonds. The fraction of sp³-hybridized carbons (Fsp3) is 0.667. The van der Waals surface area contributed by atoms with Crippen molar-refractivity contribution in [1.29, 1.82) is 0 Å². The maximum Gasteiger partial charge on any atom is 0.138 e. The number of ether oxygens (including phenoxy) is 1. The Morgan fingerprint density at radius 1 is 1.21 bits per heavy atom. The molecule has 0 aliphatic rings. The molecule has 1 heterocycles. The van der Waals surface area contributed by atoms with Crippen LogP contribution in [0.15, 0.2) is 11.4 Å². The highest BCUT2D eigenvalue weighted by molar-refractivity contribution is 7.07. The van der Waals surface area contributed by atoms with Crippen molar-refractivity contribution in [2.75, 3.05) is 6.61 Å². The van der Waals surface area contributed by atoms with Crippen molar-refractivity contribution in [2.24, 2.45) is 0 Å². The Morgan fingerprint density at radius 2 is 2.00 bits per heavy atom. The van der Waals surface area contributed by atoms with Crippen molar-refractivity contribution >= 4 is 11.3 Å². The Kier molecular flexibility index (Phi) is 6.50. The van der Waals surface area contributed by atoms with E-state index in [1.807, 2.05) is 11.4 Å². The summed E-state index contributed by atoms with van der Waals surface area (Å²) in [7, 11) is 0. The van der Waals surface area contributed by atoms with Gasteiger partial charge in [0.15, 0.2) is 0 Å². The van der Waals surface area contributed by atoms with E-state index in [1.165, 1.54) is 38.5 Å². The highest BCUT2D eigenvalue weighted by Gasteiger charge is 1.94. The van der Waals surface area contributed by atoms with Crippen LogP contribution in [0.25, 0.3) is 0 Å². The first kappa shape index (κ1) is 11.6. The molecular formula is C12H19OS. The minimum Gasteiger partial charge on any atom is -0.492 e. The normalized spacial score (nSPS) is 10.4. The zero-order chi connectivity index (χ0) is 10.1. The summed E-state index contributed by atoms with van der Waals surface area (Å²) in [6, 6.07) is 1.97. The molecule has 1 radical (unpaired) electrons. The van der Waals surface area contributed by atoms with E-state index in [1.54, 1.807) is 11.3 Å². The lowest BCUT2D eigenvalue weighted by molar-refractivity contribution is 0.305. The highest BCUT2D eigenvalue weighted by atomic mass is 32.1. The zero-order valence-electron chi connectivity index (χ0n) is 8.92. The van der Waals surface area contributed by atoms with Gasteiger partial charge in [-0.2, -0.15) is 0 Å². The zero-order valence-corrected chi connectivity index (χ0v) is 9.74. The second-order valence-corrected chi connectivity index (χ2v) is 4.22. The van der Waals surface area contributed by atoms with Crippen LogP contribution >= 0.6 is 11.3 Å². The van der Waals surface area contributed by atoms with E-state index in [4.69, 9.17) is 4.74 Å². The van der Waals surface area contributed by atoms with Crippen LogP contribution in [0.1, 0.15) is 45.4 Å². The van der Waals surface area contributed by atoms with Crippen LogP contribution in [0, 0.1) is 5.38 Å². The number of hydrogen-bond acceptors (Lipinski definition) is 2. The van der Waals surface area contributed by atoms with E-state index in [9.17, 15) is 0 Å². The van der Waals surface area contributed by atoms with Crippen molar-refractivity contribution in [3.05, 3.63) is 16.8 Å². The molecule has 1 nitrogen and oxygen atoms in total. The molecule has 1 rings (SSSR count). The highest BCUT2D eigenvalue weighted by Crippen LogP contribution is 2.14. The van der Waals surface area contributed by atoms with Gasteiger partial charge in [0.25, 0.3) is 0 Å². The monoisotopic (exact) mass is 211 g/mol. The number of rotatable bonds is 8. The summed E-state index contributed by atoms with van der Waals surface area (Å²) >= 11 is 1.56. The van der Waals surface area contributed by atoms with Gasteiger partial charge in [-0.3, -0.25) is 0 Å². The smallest absolute Gasteiger partial charge is 0.138 e. The molecule has 0 spiro atoms. The van der Waals surface area contributed by atoms with Gasteiger partial charge in [-0.05, 0) is 17.9 Å². The summed E-state index contributed by atoms with van der Waals surface area (Å²) in [5.74, 6) is 0.906. The Hall–Kier alpha value is -0.500. The molecule has 0 saturated carbocycles. The van der Waals surface area contributed by atoms with E-state index in [0.29, 0.717) is 0 Å². The van der Waals surface area contributed by atoms with E-state index in [2.05, 4.69) is 12.3 Å². The topological polar surface area (TPSA) is 9.23 Å². The van der Waals surface area contributed by atoms with Crippen LogP contribution in [0.5, 0.6) is 5.75 Å². The minimum atomic E-state index is 0.847. The first-order valence-corrected chi connectivity index (χ1v) is 6.39. The quantitative estimate of drug-likeness (QED) is 0.583. The molecule has 0 aromatic carbocycles. The fourth-order valence-corrected chi connectivity index (χ4v) is 1.87. The van der Waals surface area contributed by atoms with Gasteiger partial charge in [0.2, 0.25) is 0 Å². The lowest BCUT2D eigenvalue weighted by Crippen LogP contribution is -1.95. The fourth-order valence-electron chi connectivity index (χ4n) is 1.36. The minimum absolute atomic E-state index is 0.847. The van der Waals surface area contributed by atoms with Crippen molar-refractivity contribution in [3.63, 3.8) is 0 Å². The first-order valence-electron chi connectivity index (χ1n) is 5.51. The van der Waals surface area contributed by atoms with Crippen molar-refractivity contribution in [3.8, 4) is 5.75 Å². The van der Waals surface area contributed by atoms with Crippen molar-refractivity contribution in [2.45, 2.75) is 45.4 Å². The summed E-state index contributed by atoms with van der Waals surface area (Å²) in [5, 5.41) is 5.06. The van der Waals surface area contributed by atoms with Crippen LogP contribution in [0.4, 0.5) is 0 Å². The average Bonchev–Trinajstić information content (AvgIpc) is 2.69. The van der Waals surface area contributed by atoms with Gasteiger partial charge in [0.05, 0.1) is 12.0 Å². The Labute approximate surface area is 91.1 Å². The van der Waals surface area contributed by atoms with E-state index < -0.39 is 0 Å². The Morgan fingerprint density at radius 3 is 2.71 bits per heavy atom. The molecule has 1 aromatic heterocycles. The van der Waals surface area contributed by atoms with Crippen LogP contribution < -0.4 is 4.74 Å². The van der Waals surface area contributed by atoms with E-state index in [0.717, 1.165) is 12.4 Å². The van der Waals surface area contributed by atoms with Gasteiger partial charge < -0.3 is 4.74 Å². The van der Waals surface area contributed by atoms with Crippen molar-refractivity contribution < 1.29 is 4.74 Å². The van der Waals surface area contributed by atoms with Gasteiger partial charge in [-0.15, -0.1) is 11.3 Å². The third-order valence-corrected chi connectivity index (χ3v) is 2.79. The molecule has 2 heteroatoms. The molecule has 1 aromatic rings. The van der Waals surface area contributed by atoms with Crippen LogP contribution in [0.3, 0.4) is 0 Å². The molecule has 0 aliphatic carbocycles. The Balaban J connectivity index is 1.85. The van der Waals surface area contributed by atoms with Crippen LogP contribution in [0.2, 0.25) is 0 Å². The largest absolute Gasteiger partial charge is 0.492 e. The summed E-state index contributed by atoms with van der Waals surface area (Å²) in [5.41, 5.74) is 0. The molecule has 0 atom stereocenters. The predicted octanol–water partition coefficient (Wildman–Crippen LogP) is 4.29. The molecule has 0 aliphatic heterocycles. The SMILES string of the molecule is CCCCCCCCOc1[c]scc1. The maximum absolute atomic E-state index is 5.51. The number of hydrogen-bond donors (Lipinski definition) is 0. The summed E-state index contributed by atoms with van der Waals surface area (Å²) < 4.78 is 5.51. The van der Waals surface area contributed by atoms with Gasteiger partial charge in [0.1, 0.15) is 5.75 Å². The second-order valence-electron chi connectivity index (χ2n) is 3.50. The summed E-state index contributed by atoms with van der Waals surface area (Å²) in [4.78, 5) is 0. The van der Waals surface area contributed by atoms with Crippen LogP contribution in [-0.4, -0.2) is 6.61 Å². The van der Waals surface area contributed by atoms with Gasteiger partial charge >= 0.3 is 0 Å². The third kappa shape index (κ3) is 5.28. The average molecular weight is 211 g/mol. The van der Waals surface area contributed by atoms with Gasteiger partial charge in [-0.1, -0.05) is 39.0 Å². The van der Waals surface area contributed by atoms with Gasteiger partial charge in [0, 0.05) is 0 Å². The second kappa shape index (κ2) is 7.86.